The van der Waals surface area contributed by atoms with E-state index in [0.717, 1.165) is 56.1 Å². The van der Waals surface area contributed by atoms with Crippen molar-refractivity contribution in [3.63, 3.8) is 0 Å². The number of rotatable bonds is 4. The molecule has 0 saturated carbocycles. The van der Waals surface area contributed by atoms with Crippen molar-refractivity contribution in [3.8, 4) is 5.75 Å². The number of carbonyl (C=O) groups excluding carboxylic acids is 1. The van der Waals surface area contributed by atoms with Crippen LogP contribution in [-0.2, 0) is 6.42 Å². The molecule has 0 spiro atoms. The van der Waals surface area contributed by atoms with Gasteiger partial charge in [-0.2, -0.15) is 0 Å². The topological polar surface area (TPSA) is 32.8 Å². The molecule has 2 aliphatic rings. The second-order valence-corrected chi connectivity index (χ2v) is 6.43. The number of nitrogens with zero attached hydrogens (tertiary/aromatic N) is 2. The highest BCUT2D eigenvalue weighted by atomic mass is 16.5. The number of hydrogen-bond acceptors (Lipinski definition) is 4. The van der Waals surface area contributed by atoms with Gasteiger partial charge in [-0.1, -0.05) is 36.4 Å². The average molecular weight is 322 g/mol. The van der Waals surface area contributed by atoms with Crippen molar-refractivity contribution < 1.29 is 9.53 Å². The van der Waals surface area contributed by atoms with Crippen molar-refractivity contribution in [2.24, 2.45) is 0 Å². The SMILES string of the molecule is O=C1COc2c1cccc2N1CCN(CCc2ccccc2)CC1. The van der Waals surface area contributed by atoms with Crippen LogP contribution in [0.1, 0.15) is 15.9 Å². The number of ether oxygens (including phenoxy) is 1. The molecule has 0 N–H and O–H groups in total. The first-order valence-electron chi connectivity index (χ1n) is 8.61. The van der Waals surface area contributed by atoms with E-state index < -0.39 is 0 Å². The molecule has 24 heavy (non-hydrogen) atoms. The predicted octanol–water partition coefficient (Wildman–Crippen LogP) is 2.63. The van der Waals surface area contributed by atoms with Crippen LogP contribution < -0.4 is 9.64 Å². The molecule has 2 aromatic rings. The molecule has 4 rings (SSSR count). The maximum absolute atomic E-state index is 11.8. The number of para-hydroxylation sites is 1. The summed E-state index contributed by atoms with van der Waals surface area (Å²) in [7, 11) is 0. The lowest BCUT2D eigenvalue weighted by Crippen LogP contribution is -2.47. The van der Waals surface area contributed by atoms with Crippen LogP contribution in [0.25, 0.3) is 0 Å². The largest absolute Gasteiger partial charge is 0.482 e. The van der Waals surface area contributed by atoms with Crippen LogP contribution in [0.15, 0.2) is 48.5 Å². The van der Waals surface area contributed by atoms with Crippen molar-refractivity contribution in [1.29, 1.82) is 0 Å². The van der Waals surface area contributed by atoms with Gasteiger partial charge in [0, 0.05) is 32.7 Å². The summed E-state index contributed by atoms with van der Waals surface area (Å²) < 4.78 is 5.62. The van der Waals surface area contributed by atoms with E-state index in [1.54, 1.807) is 0 Å². The Morgan fingerprint density at radius 3 is 2.50 bits per heavy atom. The fourth-order valence-electron chi connectivity index (χ4n) is 3.50. The molecular weight excluding hydrogens is 300 g/mol. The third-order valence-corrected chi connectivity index (χ3v) is 4.91. The van der Waals surface area contributed by atoms with Gasteiger partial charge in [-0.3, -0.25) is 9.69 Å². The molecule has 0 amide bonds. The number of benzene rings is 2. The molecule has 0 radical (unpaired) electrons. The quantitative estimate of drug-likeness (QED) is 0.866. The van der Waals surface area contributed by atoms with Crippen molar-refractivity contribution in [2.75, 3.05) is 44.2 Å². The Morgan fingerprint density at radius 2 is 1.71 bits per heavy atom. The first-order chi connectivity index (χ1) is 11.8. The van der Waals surface area contributed by atoms with E-state index in [1.807, 2.05) is 12.1 Å². The summed E-state index contributed by atoms with van der Waals surface area (Å²) in [6, 6.07) is 16.5. The van der Waals surface area contributed by atoms with Crippen LogP contribution >= 0.6 is 0 Å². The van der Waals surface area contributed by atoms with Gasteiger partial charge in [-0.05, 0) is 24.1 Å². The molecule has 4 heteroatoms. The molecule has 124 valence electrons. The zero-order valence-corrected chi connectivity index (χ0v) is 13.8. The third-order valence-electron chi connectivity index (χ3n) is 4.91. The molecule has 1 fully saturated rings. The number of hydrogen-bond donors (Lipinski definition) is 0. The van der Waals surface area contributed by atoms with Gasteiger partial charge in [-0.25, -0.2) is 0 Å². The number of piperazine rings is 1. The van der Waals surface area contributed by atoms with Crippen LogP contribution in [0.3, 0.4) is 0 Å². The van der Waals surface area contributed by atoms with E-state index in [0.29, 0.717) is 0 Å². The molecule has 0 aliphatic carbocycles. The van der Waals surface area contributed by atoms with Crippen LogP contribution in [0.2, 0.25) is 0 Å². The molecule has 2 heterocycles. The molecule has 1 saturated heterocycles. The predicted molar refractivity (Wildman–Crippen MR) is 95.1 cm³/mol. The lowest BCUT2D eigenvalue weighted by Gasteiger charge is -2.36. The van der Waals surface area contributed by atoms with Gasteiger partial charge in [0.25, 0.3) is 0 Å². The van der Waals surface area contributed by atoms with Gasteiger partial charge < -0.3 is 9.64 Å². The fraction of sp³-hybridized carbons (Fsp3) is 0.350. The number of fused-ring (bicyclic) bond motifs is 1. The average Bonchev–Trinajstić information content (AvgIpc) is 3.03. The summed E-state index contributed by atoms with van der Waals surface area (Å²) >= 11 is 0. The standard InChI is InChI=1S/C20H22N2O2/c23-19-15-24-20-17(19)7-4-8-18(20)22-13-11-21(12-14-22)10-9-16-5-2-1-3-6-16/h1-8H,9-15H2. The van der Waals surface area contributed by atoms with Gasteiger partial charge in [0.05, 0.1) is 11.3 Å². The Morgan fingerprint density at radius 1 is 0.917 bits per heavy atom. The number of anilines is 1. The highest BCUT2D eigenvalue weighted by Gasteiger charge is 2.27. The van der Waals surface area contributed by atoms with Crippen molar-refractivity contribution in [2.45, 2.75) is 6.42 Å². The summed E-state index contributed by atoms with van der Waals surface area (Å²) in [5.41, 5.74) is 3.20. The molecule has 0 aromatic heterocycles. The Balaban J connectivity index is 1.36. The van der Waals surface area contributed by atoms with Crippen molar-refractivity contribution in [3.05, 3.63) is 59.7 Å². The summed E-state index contributed by atoms with van der Waals surface area (Å²) in [4.78, 5) is 16.7. The lowest BCUT2D eigenvalue weighted by atomic mass is 10.1. The smallest absolute Gasteiger partial charge is 0.204 e. The van der Waals surface area contributed by atoms with Crippen molar-refractivity contribution in [1.82, 2.24) is 4.90 Å². The molecule has 4 nitrogen and oxygen atoms in total. The Bertz CT molecular complexity index is 722. The summed E-state index contributed by atoms with van der Waals surface area (Å²) in [6.45, 7) is 5.32. The van der Waals surface area contributed by atoms with E-state index >= 15 is 0 Å². The first-order valence-corrected chi connectivity index (χ1v) is 8.61. The Hall–Kier alpha value is -2.33. The van der Waals surface area contributed by atoms with Gasteiger partial charge in [0.15, 0.2) is 12.4 Å². The van der Waals surface area contributed by atoms with Crippen LogP contribution in [0.4, 0.5) is 5.69 Å². The summed E-state index contributed by atoms with van der Waals surface area (Å²) in [5, 5.41) is 0. The highest BCUT2D eigenvalue weighted by Crippen LogP contribution is 2.36. The molecule has 2 aliphatic heterocycles. The van der Waals surface area contributed by atoms with Gasteiger partial charge >= 0.3 is 0 Å². The minimum absolute atomic E-state index is 0.0911. The molecule has 0 unspecified atom stereocenters. The van der Waals surface area contributed by atoms with Crippen LogP contribution in [0.5, 0.6) is 5.75 Å². The van der Waals surface area contributed by atoms with Gasteiger partial charge in [0.2, 0.25) is 5.78 Å². The summed E-state index contributed by atoms with van der Waals surface area (Å²) in [6.07, 6.45) is 1.10. The highest BCUT2D eigenvalue weighted by molar-refractivity contribution is 6.04. The number of Topliss-reactive ketones (excluding diaryl/α,β-unsaturated/α-hetero) is 1. The van der Waals surface area contributed by atoms with E-state index in [4.69, 9.17) is 4.74 Å². The summed E-state index contributed by atoms with van der Waals surface area (Å²) in [5.74, 6) is 0.869. The number of carbonyl (C=O) groups is 1. The van der Waals surface area contributed by atoms with Gasteiger partial charge in [-0.15, -0.1) is 0 Å². The molecular formula is C20H22N2O2. The number of ketones is 1. The zero-order chi connectivity index (χ0) is 16.4. The fourth-order valence-corrected chi connectivity index (χ4v) is 3.50. The van der Waals surface area contributed by atoms with Crippen LogP contribution in [-0.4, -0.2) is 50.0 Å². The minimum atomic E-state index is 0.0911. The molecule has 0 bridgehead atoms. The van der Waals surface area contributed by atoms with E-state index in [-0.39, 0.29) is 12.4 Å². The monoisotopic (exact) mass is 322 g/mol. The third kappa shape index (κ3) is 3.02. The first kappa shape index (κ1) is 15.2. The lowest BCUT2D eigenvalue weighted by molar-refractivity contribution is 0.0961. The normalized spacial score (nSPS) is 17.7. The van der Waals surface area contributed by atoms with Gasteiger partial charge in [0.1, 0.15) is 0 Å². The van der Waals surface area contributed by atoms with Crippen molar-refractivity contribution >= 4 is 11.5 Å². The maximum atomic E-state index is 11.8. The van der Waals surface area contributed by atoms with E-state index in [1.165, 1.54) is 5.56 Å². The Kier molecular flexibility index (Phi) is 4.22. The molecule has 2 aromatic carbocycles. The maximum Gasteiger partial charge on any atom is 0.204 e. The second-order valence-electron chi connectivity index (χ2n) is 6.43. The second kappa shape index (κ2) is 6.65. The minimum Gasteiger partial charge on any atom is -0.482 e. The zero-order valence-electron chi connectivity index (χ0n) is 13.8. The van der Waals surface area contributed by atoms with Crippen LogP contribution in [0, 0.1) is 0 Å². The van der Waals surface area contributed by atoms with E-state index in [9.17, 15) is 4.79 Å². The van der Waals surface area contributed by atoms with E-state index in [2.05, 4.69) is 46.2 Å². The molecule has 0 atom stereocenters. The Labute approximate surface area is 142 Å².